The van der Waals surface area contributed by atoms with E-state index in [-0.39, 0.29) is 11.6 Å². The highest BCUT2D eigenvalue weighted by atomic mass is 19.1. The first-order valence-electron chi connectivity index (χ1n) is 4.61. The van der Waals surface area contributed by atoms with E-state index in [1.165, 1.54) is 12.8 Å². The second-order valence-corrected chi connectivity index (χ2v) is 4.26. The van der Waals surface area contributed by atoms with Crippen LogP contribution in [0.5, 0.6) is 0 Å². The fourth-order valence-corrected chi connectivity index (χ4v) is 2.43. The molecule has 0 spiro atoms. The van der Waals surface area contributed by atoms with E-state index in [9.17, 15) is 4.39 Å². The quantitative estimate of drug-likeness (QED) is 0.567. The SMILES string of the molecule is C[C@]12CCC[C@H](N1)[C@@H](F)CC2. The van der Waals surface area contributed by atoms with E-state index in [1.807, 2.05) is 0 Å². The Morgan fingerprint density at radius 1 is 1.36 bits per heavy atom. The minimum Gasteiger partial charge on any atom is -0.306 e. The van der Waals surface area contributed by atoms with Crippen LogP contribution in [-0.2, 0) is 0 Å². The number of alkyl halides is 1. The first-order chi connectivity index (χ1) is 5.20. The fraction of sp³-hybridized carbons (Fsp3) is 1.00. The summed E-state index contributed by atoms with van der Waals surface area (Å²) >= 11 is 0. The lowest BCUT2D eigenvalue weighted by Crippen LogP contribution is -2.58. The molecular weight excluding hydrogens is 141 g/mol. The van der Waals surface area contributed by atoms with Crippen molar-refractivity contribution in [3.63, 3.8) is 0 Å². The maximum Gasteiger partial charge on any atom is 0.115 e. The molecule has 64 valence electrons. The van der Waals surface area contributed by atoms with Crippen LogP contribution in [0.1, 0.15) is 39.0 Å². The van der Waals surface area contributed by atoms with Crippen LogP contribution in [0.3, 0.4) is 0 Å². The Kier molecular flexibility index (Phi) is 1.67. The van der Waals surface area contributed by atoms with Crippen LogP contribution in [0.4, 0.5) is 4.39 Å². The molecule has 0 aliphatic carbocycles. The van der Waals surface area contributed by atoms with Crippen LogP contribution in [0.2, 0.25) is 0 Å². The second kappa shape index (κ2) is 2.44. The predicted molar refractivity (Wildman–Crippen MR) is 43.3 cm³/mol. The van der Waals surface area contributed by atoms with Crippen molar-refractivity contribution in [1.82, 2.24) is 5.32 Å². The topological polar surface area (TPSA) is 12.0 Å². The highest BCUT2D eigenvalue weighted by Gasteiger charge is 2.39. The summed E-state index contributed by atoms with van der Waals surface area (Å²) in [5, 5.41) is 3.40. The van der Waals surface area contributed by atoms with Gasteiger partial charge in [0.05, 0.1) is 0 Å². The zero-order valence-corrected chi connectivity index (χ0v) is 7.07. The van der Waals surface area contributed by atoms with Crippen LogP contribution in [0.15, 0.2) is 0 Å². The third kappa shape index (κ3) is 1.28. The Bertz CT molecular complexity index is 160. The summed E-state index contributed by atoms with van der Waals surface area (Å²) in [6.45, 7) is 2.23. The van der Waals surface area contributed by atoms with Crippen LogP contribution in [0.25, 0.3) is 0 Å². The van der Waals surface area contributed by atoms with E-state index in [0.717, 1.165) is 19.3 Å². The highest BCUT2D eigenvalue weighted by molar-refractivity contribution is 4.98. The number of hydrogen-bond acceptors (Lipinski definition) is 1. The zero-order valence-electron chi connectivity index (χ0n) is 7.07. The van der Waals surface area contributed by atoms with Gasteiger partial charge in [0.1, 0.15) is 6.17 Å². The molecule has 0 saturated carbocycles. The molecule has 3 atom stereocenters. The molecule has 2 heterocycles. The summed E-state index contributed by atoms with van der Waals surface area (Å²) in [4.78, 5) is 0. The molecule has 1 N–H and O–H groups in total. The molecule has 2 rings (SSSR count). The number of halogens is 1. The van der Waals surface area contributed by atoms with Gasteiger partial charge in [-0.2, -0.15) is 0 Å². The van der Waals surface area contributed by atoms with Gasteiger partial charge in [0.25, 0.3) is 0 Å². The minimum atomic E-state index is -0.580. The van der Waals surface area contributed by atoms with Gasteiger partial charge in [0.2, 0.25) is 0 Å². The molecule has 2 bridgehead atoms. The van der Waals surface area contributed by atoms with Gasteiger partial charge >= 0.3 is 0 Å². The van der Waals surface area contributed by atoms with Crippen molar-refractivity contribution in [3.05, 3.63) is 0 Å². The molecule has 0 radical (unpaired) electrons. The summed E-state index contributed by atoms with van der Waals surface area (Å²) in [6, 6.07) is 0.169. The highest BCUT2D eigenvalue weighted by Crippen LogP contribution is 2.34. The number of nitrogens with one attached hydrogen (secondary N) is 1. The fourth-order valence-electron chi connectivity index (χ4n) is 2.43. The molecule has 2 aliphatic heterocycles. The number of rotatable bonds is 0. The van der Waals surface area contributed by atoms with Crippen molar-refractivity contribution >= 4 is 0 Å². The van der Waals surface area contributed by atoms with Crippen LogP contribution in [-0.4, -0.2) is 17.8 Å². The van der Waals surface area contributed by atoms with Crippen molar-refractivity contribution < 1.29 is 4.39 Å². The lowest BCUT2D eigenvalue weighted by Gasteiger charge is -2.45. The van der Waals surface area contributed by atoms with Crippen molar-refractivity contribution in [2.75, 3.05) is 0 Å². The van der Waals surface area contributed by atoms with E-state index >= 15 is 0 Å². The van der Waals surface area contributed by atoms with Crippen molar-refractivity contribution in [1.29, 1.82) is 0 Å². The van der Waals surface area contributed by atoms with E-state index < -0.39 is 6.17 Å². The van der Waals surface area contributed by atoms with Gasteiger partial charge in [-0.1, -0.05) is 0 Å². The lowest BCUT2D eigenvalue weighted by molar-refractivity contribution is 0.0806. The Morgan fingerprint density at radius 3 is 2.91 bits per heavy atom. The normalized spacial score (nSPS) is 50.7. The van der Waals surface area contributed by atoms with E-state index in [0.29, 0.717) is 0 Å². The predicted octanol–water partition coefficient (Wildman–Crippen LogP) is 2.02. The first kappa shape index (κ1) is 7.53. The third-order valence-corrected chi connectivity index (χ3v) is 3.19. The standard InChI is InChI=1S/C9H16FN/c1-9-5-2-3-8(11-9)7(10)4-6-9/h7-8,11H,2-6H2,1H3/t7-,8-,9+/m0/s1. The molecule has 0 aromatic carbocycles. The summed E-state index contributed by atoms with van der Waals surface area (Å²) in [5.74, 6) is 0. The third-order valence-electron chi connectivity index (χ3n) is 3.19. The van der Waals surface area contributed by atoms with Gasteiger partial charge < -0.3 is 5.32 Å². The molecule has 11 heavy (non-hydrogen) atoms. The Hall–Kier alpha value is -0.110. The van der Waals surface area contributed by atoms with Crippen LogP contribution >= 0.6 is 0 Å². The van der Waals surface area contributed by atoms with Crippen LogP contribution < -0.4 is 5.32 Å². The molecule has 0 aromatic heterocycles. The van der Waals surface area contributed by atoms with Crippen LogP contribution in [0, 0.1) is 0 Å². The summed E-state index contributed by atoms with van der Waals surface area (Å²) < 4.78 is 13.2. The molecule has 2 saturated heterocycles. The maximum atomic E-state index is 13.2. The van der Waals surface area contributed by atoms with E-state index in [4.69, 9.17) is 0 Å². The summed E-state index contributed by atoms with van der Waals surface area (Å²) in [7, 11) is 0. The lowest BCUT2D eigenvalue weighted by atomic mass is 9.77. The zero-order chi connectivity index (χ0) is 7.90. The monoisotopic (exact) mass is 157 g/mol. The van der Waals surface area contributed by atoms with E-state index in [2.05, 4.69) is 12.2 Å². The number of piperidine rings is 2. The molecule has 0 unspecified atom stereocenters. The van der Waals surface area contributed by atoms with Gasteiger partial charge in [-0.3, -0.25) is 0 Å². The molecule has 2 fully saturated rings. The first-order valence-corrected chi connectivity index (χ1v) is 4.61. The molecule has 2 aliphatic rings. The summed E-state index contributed by atoms with van der Waals surface area (Å²) in [5.41, 5.74) is 0.269. The Labute approximate surface area is 67.4 Å². The minimum absolute atomic E-state index is 0.169. The average Bonchev–Trinajstić information content (AvgIpc) is 1.99. The van der Waals surface area contributed by atoms with Gasteiger partial charge in [0, 0.05) is 11.6 Å². The Balaban J connectivity index is 2.09. The summed E-state index contributed by atoms with van der Waals surface area (Å²) in [6.07, 6.45) is 4.68. The van der Waals surface area contributed by atoms with Gasteiger partial charge in [-0.05, 0) is 39.0 Å². The maximum absolute atomic E-state index is 13.2. The van der Waals surface area contributed by atoms with E-state index in [1.54, 1.807) is 0 Å². The number of hydrogen-bond donors (Lipinski definition) is 1. The molecular formula is C9H16FN. The molecule has 2 heteroatoms. The largest absolute Gasteiger partial charge is 0.306 e. The van der Waals surface area contributed by atoms with Gasteiger partial charge in [-0.15, -0.1) is 0 Å². The van der Waals surface area contributed by atoms with Crippen molar-refractivity contribution in [2.24, 2.45) is 0 Å². The molecule has 0 amide bonds. The number of fused-ring (bicyclic) bond motifs is 2. The van der Waals surface area contributed by atoms with Crippen molar-refractivity contribution in [2.45, 2.75) is 56.8 Å². The van der Waals surface area contributed by atoms with Gasteiger partial charge in [-0.25, -0.2) is 4.39 Å². The molecule has 0 aromatic rings. The second-order valence-electron chi connectivity index (χ2n) is 4.26. The average molecular weight is 157 g/mol. The Morgan fingerprint density at radius 2 is 2.18 bits per heavy atom. The van der Waals surface area contributed by atoms with Gasteiger partial charge in [0.15, 0.2) is 0 Å². The smallest absolute Gasteiger partial charge is 0.115 e. The van der Waals surface area contributed by atoms with Crippen molar-refractivity contribution in [3.8, 4) is 0 Å². The molecule has 1 nitrogen and oxygen atoms in total.